The molecule has 0 aliphatic carbocycles. The second-order valence-corrected chi connectivity index (χ2v) is 11.4. The fourth-order valence-electron chi connectivity index (χ4n) is 5.18. The summed E-state index contributed by atoms with van der Waals surface area (Å²) in [5.41, 5.74) is 0.754. The van der Waals surface area contributed by atoms with Crippen molar-refractivity contribution in [2.24, 2.45) is 11.8 Å². The highest BCUT2D eigenvalue weighted by molar-refractivity contribution is 5.99. The molecule has 4 atom stereocenters. The predicted octanol–water partition coefficient (Wildman–Crippen LogP) is 1.46. The summed E-state index contributed by atoms with van der Waals surface area (Å²) in [5, 5.41) is 15.1. The zero-order chi connectivity index (χ0) is 26.5. The van der Waals surface area contributed by atoms with Crippen molar-refractivity contribution < 1.29 is 28.7 Å². The molecule has 0 spiro atoms. The Morgan fingerprint density at radius 1 is 1.25 bits per heavy atom. The molecule has 9 nitrogen and oxygen atoms in total. The molecule has 2 fully saturated rings. The van der Waals surface area contributed by atoms with Crippen molar-refractivity contribution >= 4 is 17.7 Å². The normalized spacial score (nSPS) is 24.0. The smallest absolute Gasteiger partial charge is 0.246 e. The van der Waals surface area contributed by atoms with Gasteiger partial charge in [0.25, 0.3) is 0 Å². The molecule has 0 unspecified atom stereocenters. The first-order chi connectivity index (χ1) is 17.0. The number of fused-ring (bicyclic) bond motifs is 1. The molecule has 0 bridgehead atoms. The number of unbranched alkanes of at least 4 members (excludes halogenated alkanes) is 1. The molecular weight excluding hydrogens is 460 g/mol. The Morgan fingerprint density at radius 2 is 2.00 bits per heavy atom. The van der Waals surface area contributed by atoms with Gasteiger partial charge in [-0.1, -0.05) is 26.0 Å². The van der Waals surface area contributed by atoms with Crippen molar-refractivity contribution in [1.29, 1.82) is 0 Å². The van der Waals surface area contributed by atoms with Gasteiger partial charge in [-0.25, -0.2) is 0 Å². The lowest BCUT2D eigenvalue weighted by atomic mass is 9.92. The molecule has 0 aromatic heterocycles. The number of ether oxygens (including phenoxy) is 1. The third kappa shape index (κ3) is 6.97. The number of aliphatic hydroxyl groups is 1. The summed E-state index contributed by atoms with van der Waals surface area (Å²) in [4.78, 5) is 41.7. The van der Waals surface area contributed by atoms with Crippen molar-refractivity contribution in [3.63, 3.8) is 0 Å². The van der Waals surface area contributed by atoms with E-state index in [4.69, 9.17) is 9.84 Å². The summed E-state index contributed by atoms with van der Waals surface area (Å²) in [6.07, 6.45) is 2.69. The molecule has 200 valence electrons. The lowest BCUT2D eigenvalue weighted by Gasteiger charge is -2.39. The van der Waals surface area contributed by atoms with Gasteiger partial charge in [0.05, 0.1) is 46.3 Å². The van der Waals surface area contributed by atoms with Crippen LogP contribution in [0.5, 0.6) is 5.75 Å². The topological polar surface area (TPSA) is 108 Å². The van der Waals surface area contributed by atoms with E-state index >= 15 is 0 Å². The Balaban J connectivity index is 1.84. The lowest BCUT2D eigenvalue weighted by Crippen LogP contribution is -2.61. The van der Waals surface area contributed by atoms with Gasteiger partial charge < -0.3 is 29.9 Å². The summed E-state index contributed by atoms with van der Waals surface area (Å²) < 4.78 is 6.47. The molecule has 36 heavy (non-hydrogen) atoms. The molecule has 0 radical (unpaired) electrons. The van der Waals surface area contributed by atoms with E-state index in [0.29, 0.717) is 18.7 Å². The monoisotopic (exact) mass is 503 g/mol. The van der Waals surface area contributed by atoms with Gasteiger partial charge in [0.2, 0.25) is 17.7 Å². The van der Waals surface area contributed by atoms with Crippen LogP contribution in [-0.4, -0.2) is 91.7 Å². The van der Waals surface area contributed by atoms with Crippen LogP contribution in [0.2, 0.25) is 0 Å². The Bertz CT molecular complexity index is 929. The van der Waals surface area contributed by atoms with Crippen molar-refractivity contribution in [2.45, 2.75) is 57.7 Å². The van der Waals surface area contributed by atoms with Gasteiger partial charge in [-0.3, -0.25) is 14.4 Å². The maximum Gasteiger partial charge on any atom is 0.246 e. The molecule has 1 aromatic rings. The standard InChI is InChI=1S/C27H42N4O5/c1-18(2)15-22-27(35)30-23(26(34)29-22)17-21(25(33)28-11-6-7-12-31(3,4)5)24(30)19-9-8-10-20(16-19)36-14-13-32/h8-10,16,18,21-24,32H,6-7,11-15,17H2,1-5H3,(H-,28,29,33,34)/p+1/t21-,22+,23-,24-/m1/s1. The molecule has 3 amide bonds. The van der Waals surface area contributed by atoms with Gasteiger partial charge in [-0.15, -0.1) is 0 Å². The maximum atomic E-state index is 13.6. The first-order valence-electron chi connectivity index (χ1n) is 13.1. The average Bonchev–Trinajstić information content (AvgIpc) is 3.21. The first kappa shape index (κ1) is 27.9. The third-order valence-corrected chi connectivity index (χ3v) is 6.82. The van der Waals surface area contributed by atoms with Gasteiger partial charge in [-0.2, -0.15) is 0 Å². The number of amides is 3. The molecule has 0 saturated carbocycles. The van der Waals surface area contributed by atoms with Crippen molar-refractivity contribution in [1.82, 2.24) is 15.5 Å². The number of nitrogens with one attached hydrogen (secondary N) is 2. The third-order valence-electron chi connectivity index (χ3n) is 6.82. The quantitative estimate of drug-likeness (QED) is 0.296. The molecule has 3 rings (SSSR count). The van der Waals surface area contributed by atoms with E-state index < -0.39 is 24.0 Å². The predicted molar refractivity (Wildman–Crippen MR) is 137 cm³/mol. The Morgan fingerprint density at radius 3 is 2.67 bits per heavy atom. The molecule has 1 aromatic carbocycles. The number of carbonyl (C=O) groups is 3. The van der Waals surface area contributed by atoms with Gasteiger partial charge in [0, 0.05) is 6.54 Å². The summed E-state index contributed by atoms with van der Waals surface area (Å²) in [6.45, 7) is 5.65. The van der Waals surface area contributed by atoms with Crippen LogP contribution >= 0.6 is 0 Å². The number of rotatable bonds is 12. The number of quaternary nitrogens is 1. The minimum atomic E-state index is -0.679. The fourth-order valence-corrected chi connectivity index (χ4v) is 5.18. The molecular formula is C27H43N4O5+. The second-order valence-electron chi connectivity index (χ2n) is 11.4. The van der Waals surface area contributed by atoms with Gasteiger partial charge in [0.15, 0.2) is 0 Å². The van der Waals surface area contributed by atoms with E-state index in [1.54, 1.807) is 11.0 Å². The number of hydrogen-bond donors (Lipinski definition) is 3. The van der Waals surface area contributed by atoms with E-state index in [0.717, 1.165) is 29.4 Å². The van der Waals surface area contributed by atoms with Crippen LogP contribution < -0.4 is 15.4 Å². The molecule has 2 aliphatic rings. The SMILES string of the molecule is CC(C)C[C@@H]1NC(=O)[C@H]2C[C@@H](C(=O)NCCCC[N+](C)(C)C)[C@@H](c3cccc(OCCO)c3)N2C1=O. The second kappa shape index (κ2) is 12.1. The van der Waals surface area contributed by atoms with Crippen LogP contribution in [-0.2, 0) is 14.4 Å². The zero-order valence-corrected chi connectivity index (χ0v) is 22.3. The fraction of sp³-hybridized carbons (Fsp3) is 0.667. The zero-order valence-electron chi connectivity index (χ0n) is 22.3. The van der Waals surface area contributed by atoms with Crippen molar-refractivity contribution in [3.05, 3.63) is 29.8 Å². The average molecular weight is 504 g/mol. The molecule has 2 saturated heterocycles. The first-order valence-corrected chi connectivity index (χ1v) is 13.1. The molecule has 9 heteroatoms. The number of piperazine rings is 1. The number of carbonyl (C=O) groups excluding carboxylic acids is 3. The highest BCUT2D eigenvalue weighted by atomic mass is 16.5. The Kier molecular flexibility index (Phi) is 9.35. The number of nitrogens with zero attached hydrogens (tertiary/aromatic N) is 2. The Hall–Kier alpha value is -2.65. The molecule has 2 heterocycles. The van der Waals surface area contributed by atoms with Crippen molar-refractivity contribution in [3.8, 4) is 5.75 Å². The van der Waals surface area contributed by atoms with Gasteiger partial charge >= 0.3 is 0 Å². The van der Waals surface area contributed by atoms with E-state index in [2.05, 4.69) is 31.8 Å². The van der Waals surface area contributed by atoms with Crippen molar-refractivity contribution in [2.75, 3.05) is 47.4 Å². The minimum absolute atomic E-state index is 0.115. The summed E-state index contributed by atoms with van der Waals surface area (Å²) >= 11 is 0. The van der Waals surface area contributed by atoms with Gasteiger partial charge in [0.1, 0.15) is 24.4 Å². The van der Waals surface area contributed by atoms with Crippen LogP contribution in [0.3, 0.4) is 0 Å². The van der Waals surface area contributed by atoms with E-state index in [1.807, 2.05) is 32.0 Å². The lowest BCUT2D eigenvalue weighted by molar-refractivity contribution is -0.870. The number of hydrogen-bond acceptors (Lipinski definition) is 5. The van der Waals surface area contributed by atoms with E-state index in [9.17, 15) is 14.4 Å². The van der Waals surface area contributed by atoms with Crippen LogP contribution in [0.15, 0.2) is 24.3 Å². The summed E-state index contributed by atoms with van der Waals surface area (Å²) in [5.74, 6) is -0.235. The van der Waals surface area contributed by atoms with Crippen LogP contribution in [0.4, 0.5) is 0 Å². The molecule has 3 N–H and O–H groups in total. The highest BCUT2D eigenvalue weighted by Crippen LogP contribution is 2.44. The van der Waals surface area contributed by atoms with Crippen LogP contribution in [0.1, 0.15) is 51.1 Å². The summed E-state index contributed by atoms with van der Waals surface area (Å²) in [7, 11) is 6.43. The van der Waals surface area contributed by atoms with E-state index in [1.165, 1.54) is 0 Å². The highest BCUT2D eigenvalue weighted by Gasteiger charge is 2.54. The van der Waals surface area contributed by atoms with Gasteiger partial charge in [-0.05, 0) is 49.3 Å². The largest absolute Gasteiger partial charge is 0.491 e. The molecule has 2 aliphatic heterocycles. The minimum Gasteiger partial charge on any atom is -0.491 e. The Labute approximate surface area is 214 Å². The summed E-state index contributed by atoms with van der Waals surface area (Å²) in [6, 6.07) is 5.44. The number of benzene rings is 1. The maximum absolute atomic E-state index is 13.6. The number of aliphatic hydroxyl groups excluding tert-OH is 1. The van der Waals surface area contributed by atoms with Crippen LogP contribution in [0, 0.1) is 11.8 Å². The van der Waals surface area contributed by atoms with Crippen LogP contribution in [0.25, 0.3) is 0 Å². The van der Waals surface area contributed by atoms with E-state index in [-0.39, 0.29) is 43.3 Å².